The van der Waals surface area contributed by atoms with Gasteiger partial charge < -0.3 is 5.11 Å². The number of anilines is 1. The Bertz CT molecular complexity index is 765. The molecular formula is C14H7Br3F3NO2. The van der Waals surface area contributed by atoms with Crippen LogP contribution in [0.2, 0.25) is 0 Å². The van der Waals surface area contributed by atoms with Crippen molar-refractivity contribution < 1.29 is 23.1 Å². The topological polar surface area (TPSA) is 40.5 Å². The highest BCUT2D eigenvalue weighted by Crippen LogP contribution is 2.36. The van der Waals surface area contributed by atoms with Crippen molar-refractivity contribution in [2.24, 2.45) is 0 Å². The molecule has 0 heterocycles. The molecule has 0 saturated carbocycles. The van der Waals surface area contributed by atoms with Crippen molar-refractivity contribution in [3.63, 3.8) is 0 Å². The van der Waals surface area contributed by atoms with Crippen LogP contribution in [0.15, 0.2) is 45.3 Å². The molecule has 0 bridgehead atoms. The van der Waals surface area contributed by atoms with Crippen LogP contribution in [0.25, 0.3) is 0 Å². The smallest absolute Gasteiger partial charge is 0.416 e. The summed E-state index contributed by atoms with van der Waals surface area (Å²) in [7, 11) is 0. The molecule has 23 heavy (non-hydrogen) atoms. The summed E-state index contributed by atoms with van der Waals surface area (Å²) in [6, 6.07) is 7.29. The average molecular weight is 518 g/mol. The first-order valence-corrected chi connectivity index (χ1v) is 8.25. The molecule has 2 aromatic carbocycles. The molecule has 0 atom stereocenters. The number of hydrogen-bond donors (Lipinski definition) is 1. The van der Waals surface area contributed by atoms with Crippen molar-refractivity contribution in [1.29, 1.82) is 0 Å². The summed E-state index contributed by atoms with van der Waals surface area (Å²) in [5, 5.41) is 9.76. The Kier molecular flexibility index (Phi) is 5.42. The molecule has 0 fully saturated rings. The molecule has 3 nitrogen and oxygen atoms in total. The first-order chi connectivity index (χ1) is 10.6. The zero-order valence-electron chi connectivity index (χ0n) is 11.0. The van der Waals surface area contributed by atoms with E-state index < -0.39 is 17.6 Å². The van der Waals surface area contributed by atoms with Crippen LogP contribution in [0.1, 0.15) is 15.9 Å². The van der Waals surface area contributed by atoms with Crippen molar-refractivity contribution in [1.82, 2.24) is 0 Å². The van der Waals surface area contributed by atoms with E-state index in [0.29, 0.717) is 4.47 Å². The Hall–Kier alpha value is -1.06. The molecule has 0 spiro atoms. The quantitative estimate of drug-likeness (QED) is 0.504. The minimum absolute atomic E-state index is 0.0314. The second-order valence-corrected chi connectivity index (χ2v) is 6.98. The molecule has 0 aliphatic heterocycles. The lowest BCUT2D eigenvalue weighted by molar-refractivity contribution is -0.137. The average Bonchev–Trinajstić information content (AvgIpc) is 2.46. The number of carbonyl (C=O) groups is 1. The van der Waals surface area contributed by atoms with Gasteiger partial charge in [-0.25, -0.2) is 3.93 Å². The van der Waals surface area contributed by atoms with E-state index in [4.69, 9.17) is 0 Å². The van der Waals surface area contributed by atoms with Crippen LogP contribution in [-0.4, -0.2) is 11.0 Å². The number of phenolic OH excluding ortho intramolecular Hbond substituents is 1. The van der Waals surface area contributed by atoms with Crippen LogP contribution < -0.4 is 3.93 Å². The van der Waals surface area contributed by atoms with Gasteiger partial charge in [0.05, 0.1) is 33.0 Å². The molecule has 1 amide bonds. The second-order valence-electron chi connectivity index (χ2n) is 4.44. The Morgan fingerprint density at radius 3 is 2.30 bits per heavy atom. The van der Waals surface area contributed by atoms with Crippen molar-refractivity contribution in [3.05, 3.63) is 56.5 Å². The Morgan fingerprint density at radius 2 is 1.70 bits per heavy atom. The van der Waals surface area contributed by atoms with E-state index in [0.717, 1.165) is 16.1 Å². The predicted molar refractivity (Wildman–Crippen MR) is 90.7 cm³/mol. The maximum Gasteiger partial charge on any atom is 0.416 e. The lowest BCUT2D eigenvalue weighted by atomic mass is 10.1. The minimum Gasteiger partial charge on any atom is -0.507 e. The van der Waals surface area contributed by atoms with Gasteiger partial charge in [0.2, 0.25) is 0 Å². The van der Waals surface area contributed by atoms with Gasteiger partial charge in [-0.15, -0.1) is 0 Å². The van der Waals surface area contributed by atoms with E-state index in [-0.39, 0.29) is 21.5 Å². The Balaban J connectivity index is 2.44. The van der Waals surface area contributed by atoms with Gasteiger partial charge in [-0.2, -0.15) is 13.2 Å². The highest BCUT2D eigenvalue weighted by atomic mass is 79.9. The predicted octanol–water partition coefficient (Wildman–Crippen LogP) is 5.89. The van der Waals surface area contributed by atoms with Gasteiger partial charge in [-0.1, -0.05) is 31.9 Å². The first-order valence-electron chi connectivity index (χ1n) is 5.96. The fourth-order valence-electron chi connectivity index (χ4n) is 1.75. The number of nitrogens with zero attached hydrogens (tertiary/aromatic N) is 1. The third kappa shape index (κ3) is 4.27. The molecule has 122 valence electrons. The van der Waals surface area contributed by atoms with Crippen molar-refractivity contribution in [2.45, 2.75) is 6.18 Å². The zero-order valence-corrected chi connectivity index (χ0v) is 15.8. The largest absolute Gasteiger partial charge is 0.507 e. The maximum atomic E-state index is 12.9. The van der Waals surface area contributed by atoms with Crippen LogP contribution in [-0.2, 0) is 6.18 Å². The van der Waals surface area contributed by atoms with Crippen LogP contribution in [0.5, 0.6) is 5.75 Å². The Morgan fingerprint density at radius 1 is 1.04 bits per heavy atom. The monoisotopic (exact) mass is 515 g/mol. The van der Waals surface area contributed by atoms with E-state index in [2.05, 4.69) is 48.0 Å². The summed E-state index contributed by atoms with van der Waals surface area (Å²) >= 11 is 9.11. The summed E-state index contributed by atoms with van der Waals surface area (Å²) in [5.41, 5.74) is -1.00. The van der Waals surface area contributed by atoms with E-state index in [1.165, 1.54) is 24.3 Å². The molecule has 0 saturated heterocycles. The molecule has 1 N–H and O–H groups in total. The van der Waals surface area contributed by atoms with Gasteiger partial charge in [0, 0.05) is 8.95 Å². The summed E-state index contributed by atoms with van der Waals surface area (Å²) < 4.78 is 40.2. The van der Waals surface area contributed by atoms with Crippen LogP contribution in [0.4, 0.5) is 18.9 Å². The van der Waals surface area contributed by atoms with Crippen molar-refractivity contribution in [2.75, 3.05) is 3.93 Å². The van der Waals surface area contributed by atoms with Crippen LogP contribution in [0, 0.1) is 0 Å². The lowest BCUT2D eigenvalue weighted by Crippen LogP contribution is -2.21. The van der Waals surface area contributed by atoms with Gasteiger partial charge in [0.15, 0.2) is 0 Å². The first kappa shape index (κ1) is 18.3. The minimum atomic E-state index is -4.55. The molecule has 0 aliphatic rings. The fourth-order valence-corrected chi connectivity index (χ4v) is 2.99. The molecule has 0 unspecified atom stereocenters. The summed E-state index contributed by atoms with van der Waals surface area (Å²) in [6.07, 6.45) is -4.55. The Labute approximate surface area is 154 Å². The van der Waals surface area contributed by atoms with E-state index >= 15 is 0 Å². The number of amides is 1. The maximum absolute atomic E-state index is 12.9. The van der Waals surface area contributed by atoms with Crippen molar-refractivity contribution in [3.8, 4) is 5.75 Å². The molecule has 2 aromatic rings. The third-order valence-corrected chi connectivity index (χ3v) is 4.49. The highest BCUT2D eigenvalue weighted by Gasteiger charge is 2.32. The van der Waals surface area contributed by atoms with E-state index in [9.17, 15) is 23.1 Å². The fraction of sp³-hybridized carbons (Fsp3) is 0.0714. The number of phenols is 1. The summed E-state index contributed by atoms with van der Waals surface area (Å²) in [6.45, 7) is 0. The number of aromatic hydroxyl groups is 1. The van der Waals surface area contributed by atoms with Gasteiger partial charge in [-0.3, -0.25) is 4.79 Å². The van der Waals surface area contributed by atoms with Gasteiger partial charge in [0.25, 0.3) is 5.91 Å². The molecule has 0 aromatic heterocycles. The van der Waals surface area contributed by atoms with Gasteiger partial charge in [0.1, 0.15) is 5.75 Å². The molecule has 2 rings (SSSR count). The number of carbonyl (C=O) groups excluding carboxylic acids is 1. The number of benzene rings is 2. The number of halogens is 6. The summed E-state index contributed by atoms with van der Waals surface area (Å²) in [4.78, 5) is 12.4. The normalized spacial score (nSPS) is 11.4. The number of alkyl halides is 3. The molecule has 0 aliphatic carbocycles. The number of hydrogen-bond acceptors (Lipinski definition) is 2. The molecule has 9 heteroatoms. The SMILES string of the molecule is O=C(c1cc(Br)ccc1O)N(Br)c1cc(Br)cc(C(F)(F)F)c1. The highest BCUT2D eigenvalue weighted by molar-refractivity contribution is 9.11. The standard InChI is InChI=1S/C14H7Br3F3NO2/c15-8-1-2-12(22)11(6-8)13(23)21(17)10-4-7(14(18,19)20)3-9(16)5-10/h1-6,22H. The van der Waals surface area contributed by atoms with Crippen LogP contribution in [0.3, 0.4) is 0 Å². The van der Waals surface area contributed by atoms with Gasteiger partial charge in [-0.05, 0) is 36.4 Å². The zero-order chi connectivity index (χ0) is 17.4. The van der Waals surface area contributed by atoms with E-state index in [1.54, 1.807) is 0 Å². The number of rotatable bonds is 2. The second kappa shape index (κ2) is 6.82. The van der Waals surface area contributed by atoms with Crippen LogP contribution >= 0.6 is 48.0 Å². The van der Waals surface area contributed by atoms with Gasteiger partial charge >= 0.3 is 6.18 Å². The summed E-state index contributed by atoms with van der Waals surface area (Å²) in [5.74, 6) is -0.997. The van der Waals surface area contributed by atoms with E-state index in [1.807, 2.05) is 0 Å². The third-order valence-electron chi connectivity index (χ3n) is 2.80. The lowest BCUT2D eigenvalue weighted by Gasteiger charge is -2.18. The molecular weight excluding hydrogens is 511 g/mol. The molecule has 0 radical (unpaired) electrons. The van der Waals surface area contributed by atoms with Crippen molar-refractivity contribution >= 4 is 59.6 Å².